The summed E-state index contributed by atoms with van der Waals surface area (Å²) < 4.78 is 26.8. The first-order valence-corrected chi connectivity index (χ1v) is 9.66. The first kappa shape index (κ1) is 20.5. The third-order valence-electron chi connectivity index (χ3n) is 5.22. The van der Waals surface area contributed by atoms with Crippen LogP contribution in [-0.4, -0.2) is 51.0 Å². The second-order valence-electron chi connectivity index (χ2n) is 6.97. The van der Waals surface area contributed by atoms with Crippen molar-refractivity contribution in [3.05, 3.63) is 42.3 Å². The van der Waals surface area contributed by atoms with Crippen LogP contribution in [-0.2, 0) is 4.79 Å². The molecule has 1 amide bonds. The number of hydrogen-bond acceptors (Lipinski definition) is 8. The normalized spacial score (nSPS) is 15.8. The van der Waals surface area contributed by atoms with Crippen LogP contribution in [0.3, 0.4) is 0 Å². The minimum absolute atomic E-state index is 0.00250. The number of benzene rings is 2. The fraction of sp³-hybridized carbons (Fsp3) is 0.318. The maximum Gasteiger partial charge on any atom is 0.232 e. The molecule has 2 aromatic carbocycles. The molecule has 0 bridgehead atoms. The standard InChI is InChI=1S/C22H23N3O6/c1-27-16-7-5-15(6-8-16)25-12-14(11-19(25)26)22-23-21(24-31-22)13-9-17(28-2)20(30-4)18(10-13)29-3/h5-10,14H,11-12H2,1-4H3. The minimum Gasteiger partial charge on any atom is -0.497 e. The van der Waals surface area contributed by atoms with Gasteiger partial charge in [-0.3, -0.25) is 4.79 Å². The zero-order valence-corrected chi connectivity index (χ0v) is 17.7. The Morgan fingerprint density at radius 3 is 2.23 bits per heavy atom. The molecule has 0 saturated carbocycles. The summed E-state index contributed by atoms with van der Waals surface area (Å²) in [6.07, 6.45) is 0.295. The van der Waals surface area contributed by atoms with Crippen LogP contribution in [0.15, 0.2) is 40.9 Å². The van der Waals surface area contributed by atoms with Crippen LogP contribution in [0, 0.1) is 0 Å². The molecule has 0 N–H and O–H groups in total. The monoisotopic (exact) mass is 425 g/mol. The highest BCUT2D eigenvalue weighted by molar-refractivity contribution is 5.96. The molecule has 9 nitrogen and oxygen atoms in total. The summed E-state index contributed by atoms with van der Waals surface area (Å²) in [5.74, 6) is 2.79. The Bertz CT molecular complexity index is 1050. The molecule has 162 valence electrons. The topological polar surface area (TPSA) is 96.2 Å². The van der Waals surface area contributed by atoms with Gasteiger partial charge in [0.1, 0.15) is 5.75 Å². The molecule has 1 fully saturated rings. The Labute approximate surface area is 179 Å². The second-order valence-corrected chi connectivity index (χ2v) is 6.97. The highest BCUT2D eigenvalue weighted by Gasteiger charge is 2.35. The van der Waals surface area contributed by atoms with Gasteiger partial charge in [0.25, 0.3) is 0 Å². The van der Waals surface area contributed by atoms with Crippen molar-refractivity contribution in [3.8, 4) is 34.4 Å². The van der Waals surface area contributed by atoms with E-state index in [0.29, 0.717) is 47.5 Å². The number of carbonyl (C=O) groups is 1. The average Bonchev–Trinajstić information content (AvgIpc) is 3.45. The molecular weight excluding hydrogens is 402 g/mol. The summed E-state index contributed by atoms with van der Waals surface area (Å²) in [6.45, 7) is 0.460. The summed E-state index contributed by atoms with van der Waals surface area (Å²) in [6, 6.07) is 10.9. The molecule has 9 heteroatoms. The lowest BCUT2D eigenvalue weighted by Gasteiger charge is -2.16. The van der Waals surface area contributed by atoms with E-state index in [-0.39, 0.29) is 11.8 Å². The van der Waals surface area contributed by atoms with Crippen molar-refractivity contribution in [3.63, 3.8) is 0 Å². The second kappa shape index (κ2) is 8.55. The Morgan fingerprint density at radius 2 is 1.65 bits per heavy atom. The van der Waals surface area contributed by atoms with Gasteiger partial charge in [0, 0.05) is 24.2 Å². The Hall–Kier alpha value is -3.75. The van der Waals surface area contributed by atoms with Crippen molar-refractivity contribution in [1.29, 1.82) is 0 Å². The van der Waals surface area contributed by atoms with Gasteiger partial charge in [0.2, 0.25) is 23.4 Å². The predicted molar refractivity (Wildman–Crippen MR) is 112 cm³/mol. The summed E-state index contributed by atoms with van der Waals surface area (Å²) in [7, 11) is 6.23. The van der Waals surface area contributed by atoms with Gasteiger partial charge >= 0.3 is 0 Å². The summed E-state index contributed by atoms with van der Waals surface area (Å²) >= 11 is 0. The lowest BCUT2D eigenvalue weighted by atomic mass is 10.1. The number of methoxy groups -OCH3 is 4. The van der Waals surface area contributed by atoms with E-state index < -0.39 is 0 Å². The van der Waals surface area contributed by atoms with Gasteiger partial charge in [-0.25, -0.2) is 0 Å². The number of rotatable bonds is 7. The molecule has 0 radical (unpaired) electrons. The van der Waals surface area contributed by atoms with Crippen LogP contribution in [0.2, 0.25) is 0 Å². The van der Waals surface area contributed by atoms with E-state index in [4.69, 9.17) is 23.5 Å². The molecule has 1 unspecified atom stereocenters. The number of anilines is 1. The number of amides is 1. The van der Waals surface area contributed by atoms with E-state index in [1.807, 2.05) is 24.3 Å². The number of hydrogen-bond donors (Lipinski definition) is 0. The van der Waals surface area contributed by atoms with Crippen LogP contribution >= 0.6 is 0 Å². The van der Waals surface area contributed by atoms with Crippen molar-refractivity contribution in [2.75, 3.05) is 39.9 Å². The average molecular weight is 425 g/mol. The van der Waals surface area contributed by atoms with Gasteiger partial charge in [0.05, 0.1) is 34.4 Å². The fourth-order valence-electron chi connectivity index (χ4n) is 3.61. The van der Waals surface area contributed by atoms with E-state index in [2.05, 4.69) is 10.1 Å². The highest BCUT2D eigenvalue weighted by atomic mass is 16.5. The molecule has 1 aliphatic heterocycles. The van der Waals surface area contributed by atoms with E-state index in [1.54, 1.807) is 38.4 Å². The summed E-state index contributed by atoms with van der Waals surface area (Å²) in [4.78, 5) is 18.8. The van der Waals surface area contributed by atoms with E-state index >= 15 is 0 Å². The quantitative estimate of drug-likeness (QED) is 0.569. The SMILES string of the molecule is COc1ccc(N2CC(c3nc(-c4cc(OC)c(OC)c(OC)c4)no3)CC2=O)cc1. The first-order chi connectivity index (χ1) is 15.1. The Kier molecular flexibility index (Phi) is 5.66. The van der Waals surface area contributed by atoms with Gasteiger partial charge < -0.3 is 28.4 Å². The van der Waals surface area contributed by atoms with Crippen molar-refractivity contribution < 1.29 is 28.3 Å². The molecule has 0 spiro atoms. The molecule has 3 aromatic rings. The van der Waals surface area contributed by atoms with E-state index in [0.717, 1.165) is 11.4 Å². The van der Waals surface area contributed by atoms with Crippen LogP contribution in [0.25, 0.3) is 11.4 Å². The molecule has 31 heavy (non-hydrogen) atoms. The Morgan fingerprint density at radius 1 is 0.968 bits per heavy atom. The van der Waals surface area contributed by atoms with E-state index in [9.17, 15) is 4.79 Å². The van der Waals surface area contributed by atoms with Crippen molar-refractivity contribution in [1.82, 2.24) is 10.1 Å². The van der Waals surface area contributed by atoms with Crippen LogP contribution in [0.4, 0.5) is 5.69 Å². The van der Waals surface area contributed by atoms with Crippen molar-refractivity contribution >= 4 is 11.6 Å². The summed E-state index contributed by atoms with van der Waals surface area (Å²) in [5, 5.41) is 4.10. The maximum absolute atomic E-state index is 12.6. The Balaban J connectivity index is 1.57. The predicted octanol–water partition coefficient (Wildman–Crippen LogP) is 3.29. The van der Waals surface area contributed by atoms with Crippen LogP contribution in [0.1, 0.15) is 18.2 Å². The lowest BCUT2D eigenvalue weighted by molar-refractivity contribution is -0.117. The molecule has 4 rings (SSSR count). The number of carbonyl (C=O) groups excluding carboxylic acids is 1. The molecule has 1 aliphatic rings. The van der Waals surface area contributed by atoms with Gasteiger partial charge in [0.15, 0.2) is 11.5 Å². The van der Waals surface area contributed by atoms with Crippen LogP contribution in [0.5, 0.6) is 23.0 Å². The summed E-state index contributed by atoms with van der Waals surface area (Å²) in [5.41, 5.74) is 1.46. The molecule has 1 aromatic heterocycles. The zero-order valence-electron chi connectivity index (χ0n) is 17.7. The van der Waals surface area contributed by atoms with Crippen molar-refractivity contribution in [2.24, 2.45) is 0 Å². The number of ether oxygens (including phenoxy) is 4. The first-order valence-electron chi connectivity index (χ1n) is 9.66. The van der Waals surface area contributed by atoms with Crippen molar-refractivity contribution in [2.45, 2.75) is 12.3 Å². The largest absolute Gasteiger partial charge is 0.497 e. The molecule has 0 aliphatic carbocycles. The highest BCUT2D eigenvalue weighted by Crippen LogP contribution is 2.41. The number of nitrogens with zero attached hydrogens (tertiary/aromatic N) is 3. The molecule has 1 atom stereocenters. The van der Waals surface area contributed by atoms with Gasteiger partial charge in [-0.1, -0.05) is 5.16 Å². The lowest BCUT2D eigenvalue weighted by Crippen LogP contribution is -2.24. The zero-order chi connectivity index (χ0) is 22.0. The van der Waals surface area contributed by atoms with E-state index in [1.165, 1.54) is 7.11 Å². The third kappa shape index (κ3) is 3.86. The maximum atomic E-state index is 12.6. The van der Waals surface area contributed by atoms with Gasteiger partial charge in [-0.2, -0.15) is 4.98 Å². The molecule has 1 saturated heterocycles. The number of aromatic nitrogens is 2. The minimum atomic E-state index is -0.196. The van der Waals surface area contributed by atoms with Gasteiger partial charge in [-0.05, 0) is 36.4 Å². The smallest absolute Gasteiger partial charge is 0.232 e. The fourth-order valence-corrected chi connectivity index (χ4v) is 3.61. The van der Waals surface area contributed by atoms with Gasteiger partial charge in [-0.15, -0.1) is 0 Å². The molecular formula is C22H23N3O6. The molecule has 2 heterocycles. The van der Waals surface area contributed by atoms with Crippen LogP contribution < -0.4 is 23.8 Å². The third-order valence-corrected chi connectivity index (χ3v) is 5.22.